The van der Waals surface area contributed by atoms with Gasteiger partial charge >= 0.3 is 0 Å². The second-order valence-electron chi connectivity index (χ2n) is 3.15. The summed E-state index contributed by atoms with van der Waals surface area (Å²) in [6.07, 6.45) is 2.95. The first-order chi connectivity index (χ1) is 6.79. The molecule has 0 saturated heterocycles. The molecule has 0 radical (unpaired) electrons. The van der Waals surface area contributed by atoms with Crippen LogP contribution in [-0.2, 0) is 13.0 Å². The summed E-state index contributed by atoms with van der Waals surface area (Å²) in [5, 5.41) is 8.66. The normalized spacial score (nSPS) is 10.4. The molecule has 0 aliphatic rings. The van der Waals surface area contributed by atoms with Crippen LogP contribution in [-0.4, -0.2) is 22.8 Å². The molecule has 0 spiro atoms. The molecule has 1 rings (SSSR count). The van der Waals surface area contributed by atoms with E-state index < -0.39 is 0 Å². The number of pyridine rings is 1. The van der Waals surface area contributed by atoms with Gasteiger partial charge in [0.15, 0.2) is 0 Å². The van der Waals surface area contributed by atoms with Crippen LogP contribution in [0.1, 0.15) is 12.0 Å². The van der Waals surface area contributed by atoms with Gasteiger partial charge in [-0.05, 0) is 25.5 Å². The van der Waals surface area contributed by atoms with E-state index >= 15 is 0 Å². The molecule has 0 saturated carbocycles. The Balaban J connectivity index is 2.84. The maximum atomic E-state index is 11.7. The third kappa shape index (κ3) is 2.68. The van der Waals surface area contributed by atoms with Crippen LogP contribution in [0.15, 0.2) is 23.1 Å². The van der Waals surface area contributed by atoms with Gasteiger partial charge in [-0.1, -0.05) is 6.07 Å². The van der Waals surface area contributed by atoms with Crippen molar-refractivity contribution in [2.45, 2.75) is 19.4 Å². The Morgan fingerprint density at radius 2 is 2.29 bits per heavy atom. The lowest BCUT2D eigenvalue weighted by atomic mass is 10.2. The molecule has 1 heterocycles. The number of hydrogen-bond acceptors (Lipinski definition) is 3. The van der Waals surface area contributed by atoms with Crippen molar-refractivity contribution in [2.24, 2.45) is 5.73 Å². The summed E-state index contributed by atoms with van der Waals surface area (Å²) in [7, 11) is 0. The highest BCUT2D eigenvalue weighted by atomic mass is 16.3. The Kier molecular flexibility index (Phi) is 4.35. The highest BCUT2D eigenvalue weighted by Gasteiger charge is 2.01. The number of aromatic nitrogens is 1. The van der Waals surface area contributed by atoms with Crippen LogP contribution < -0.4 is 11.3 Å². The molecule has 4 nitrogen and oxygen atoms in total. The van der Waals surface area contributed by atoms with Crippen LogP contribution in [0.25, 0.3) is 0 Å². The third-order valence-electron chi connectivity index (χ3n) is 2.07. The molecule has 0 atom stereocenters. The van der Waals surface area contributed by atoms with Crippen molar-refractivity contribution < 1.29 is 5.11 Å². The quantitative estimate of drug-likeness (QED) is 0.681. The van der Waals surface area contributed by atoms with Crippen LogP contribution in [0, 0.1) is 0 Å². The van der Waals surface area contributed by atoms with Gasteiger partial charge in [0.1, 0.15) is 0 Å². The average molecular weight is 196 g/mol. The fourth-order valence-corrected chi connectivity index (χ4v) is 1.35. The van der Waals surface area contributed by atoms with Crippen molar-refractivity contribution in [3.63, 3.8) is 0 Å². The molecular weight excluding hydrogens is 180 g/mol. The average Bonchev–Trinajstić information content (AvgIpc) is 2.20. The Bertz CT molecular complexity index is 333. The highest BCUT2D eigenvalue weighted by molar-refractivity contribution is 5.10. The monoisotopic (exact) mass is 196 g/mol. The zero-order valence-corrected chi connectivity index (χ0v) is 8.15. The molecule has 1 aromatic rings. The molecule has 78 valence electrons. The molecule has 0 bridgehead atoms. The van der Waals surface area contributed by atoms with Crippen LogP contribution in [0.5, 0.6) is 0 Å². The lowest BCUT2D eigenvalue weighted by molar-refractivity contribution is 0.279. The lowest BCUT2D eigenvalue weighted by Gasteiger charge is -2.06. The van der Waals surface area contributed by atoms with Crippen molar-refractivity contribution >= 4 is 0 Å². The van der Waals surface area contributed by atoms with Gasteiger partial charge in [0, 0.05) is 24.9 Å². The zero-order chi connectivity index (χ0) is 10.4. The van der Waals surface area contributed by atoms with Gasteiger partial charge in [0.2, 0.25) is 0 Å². The predicted octanol–water partition coefficient (Wildman–Crippen LogP) is -0.268. The summed E-state index contributed by atoms with van der Waals surface area (Å²) < 4.78 is 1.61. The SMILES string of the molecule is NCCc1cccn(CCCO)c1=O. The predicted molar refractivity (Wildman–Crippen MR) is 55.2 cm³/mol. The summed E-state index contributed by atoms with van der Waals surface area (Å²) in [5.74, 6) is 0. The molecule has 0 aliphatic heterocycles. The molecule has 3 N–H and O–H groups in total. The summed E-state index contributed by atoms with van der Waals surface area (Å²) in [4.78, 5) is 11.7. The van der Waals surface area contributed by atoms with Gasteiger partial charge in [0.05, 0.1) is 0 Å². The molecule has 0 unspecified atom stereocenters. The Morgan fingerprint density at radius 1 is 1.50 bits per heavy atom. The van der Waals surface area contributed by atoms with Crippen LogP contribution in [0.3, 0.4) is 0 Å². The van der Waals surface area contributed by atoms with E-state index in [-0.39, 0.29) is 12.2 Å². The number of aryl methyl sites for hydroxylation is 1. The van der Waals surface area contributed by atoms with Crippen LogP contribution >= 0.6 is 0 Å². The van der Waals surface area contributed by atoms with Crippen molar-refractivity contribution in [2.75, 3.05) is 13.2 Å². The number of aliphatic hydroxyl groups excluding tert-OH is 1. The van der Waals surface area contributed by atoms with E-state index in [4.69, 9.17) is 10.8 Å². The number of aliphatic hydroxyl groups is 1. The van der Waals surface area contributed by atoms with E-state index in [1.807, 2.05) is 6.07 Å². The van der Waals surface area contributed by atoms with Gasteiger partial charge < -0.3 is 15.4 Å². The first-order valence-electron chi connectivity index (χ1n) is 4.79. The van der Waals surface area contributed by atoms with Crippen molar-refractivity contribution in [1.29, 1.82) is 0 Å². The minimum atomic E-state index is 0.00593. The van der Waals surface area contributed by atoms with Gasteiger partial charge in [0.25, 0.3) is 5.56 Å². The second-order valence-corrected chi connectivity index (χ2v) is 3.15. The first kappa shape index (κ1) is 10.9. The molecule has 0 fully saturated rings. The van der Waals surface area contributed by atoms with E-state index in [9.17, 15) is 4.79 Å². The highest BCUT2D eigenvalue weighted by Crippen LogP contribution is 1.93. The van der Waals surface area contributed by atoms with E-state index in [1.165, 1.54) is 0 Å². The standard InChI is InChI=1S/C10H16N2O2/c11-5-4-9-3-1-6-12(10(9)14)7-2-8-13/h1,3,6,13H,2,4-5,7-8,11H2. The van der Waals surface area contributed by atoms with Gasteiger partial charge in [-0.25, -0.2) is 0 Å². The Morgan fingerprint density at radius 3 is 2.93 bits per heavy atom. The maximum absolute atomic E-state index is 11.7. The topological polar surface area (TPSA) is 68.2 Å². The van der Waals surface area contributed by atoms with Crippen molar-refractivity contribution in [1.82, 2.24) is 4.57 Å². The Hall–Kier alpha value is -1.13. The van der Waals surface area contributed by atoms with Crippen LogP contribution in [0.2, 0.25) is 0 Å². The minimum Gasteiger partial charge on any atom is -0.396 e. The van der Waals surface area contributed by atoms with Gasteiger partial charge in [-0.3, -0.25) is 4.79 Å². The van der Waals surface area contributed by atoms with E-state index in [0.717, 1.165) is 5.56 Å². The minimum absolute atomic E-state index is 0.00593. The Labute approximate surface area is 83.0 Å². The smallest absolute Gasteiger partial charge is 0.253 e. The molecule has 4 heteroatoms. The van der Waals surface area contributed by atoms with Gasteiger partial charge in [-0.2, -0.15) is 0 Å². The lowest BCUT2D eigenvalue weighted by Crippen LogP contribution is -2.24. The summed E-state index contributed by atoms with van der Waals surface area (Å²) in [5.41, 5.74) is 6.14. The molecule has 0 aromatic carbocycles. The molecule has 0 aliphatic carbocycles. The number of hydrogen-bond donors (Lipinski definition) is 2. The first-order valence-corrected chi connectivity index (χ1v) is 4.79. The maximum Gasteiger partial charge on any atom is 0.253 e. The zero-order valence-electron chi connectivity index (χ0n) is 8.15. The number of nitrogens with zero attached hydrogens (tertiary/aromatic N) is 1. The van der Waals surface area contributed by atoms with Crippen LogP contribution in [0.4, 0.5) is 0 Å². The largest absolute Gasteiger partial charge is 0.396 e. The molecule has 1 aromatic heterocycles. The fraction of sp³-hybridized carbons (Fsp3) is 0.500. The van der Waals surface area contributed by atoms with Crippen molar-refractivity contribution in [3.05, 3.63) is 34.2 Å². The fourth-order valence-electron chi connectivity index (χ4n) is 1.35. The van der Waals surface area contributed by atoms with Crippen molar-refractivity contribution in [3.8, 4) is 0 Å². The van der Waals surface area contributed by atoms with Gasteiger partial charge in [-0.15, -0.1) is 0 Å². The summed E-state index contributed by atoms with van der Waals surface area (Å²) in [6.45, 7) is 1.15. The third-order valence-corrected chi connectivity index (χ3v) is 2.07. The van der Waals surface area contributed by atoms with E-state index in [0.29, 0.717) is 25.9 Å². The molecular formula is C10H16N2O2. The van der Waals surface area contributed by atoms with E-state index in [2.05, 4.69) is 0 Å². The van der Waals surface area contributed by atoms with E-state index in [1.54, 1.807) is 16.8 Å². The second kappa shape index (κ2) is 5.57. The number of rotatable bonds is 5. The summed E-state index contributed by atoms with van der Waals surface area (Å²) in [6, 6.07) is 3.63. The molecule has 14 heavy (non-hydrogen) atoms. The summed E-state index contributed by atoms with van der Waals surface area (Å²) >= 11 is 0. The number of nitrogens with two attached hydrogens (primary N) is 1. The molecule has 0 amide bonds.